The topological polar surface area (TPSA) is 55.1 Å². The van der Waals surface area contributed by atoms with Crippen molar-refractivity contribution in [2.24, 2.45) is 0 Å². The number of aryl methyl sites for hydroxylation is 1. The van der Waals surface area contributed by atoms with Crippen LogP contribution in [0.25, 0.3) is 0 Å². The Morgan fingerprint density at radius 3 is 2.58 bits per heavy atom. The molecule has 0 spiro atoms. The van der Waals surface area contributed by atoms with Crippen LogP contribution in [0.2, 0.25) is 0 Å². The Morgan fingerprint density at radius 2 is 2.00 bits per heavy atom. The molecule has 7 heteroatoms. The third kappa shape index (κ3) is 2.93. The quantitative estimate of drug-likeness (QED) is 0.809. The van der Waals surface area contributed by atoms with Crippen LogP contribution < -0.4 is 11.1 Å². The molecule has 1 heterocycles. The molecule has 1 aromatic heterocycles. The van der Waals surface area contributed by atoms with E-state index in [2.05, 4.69) is 21.2 Å². The van der Waals surface area contributed by atoms with Crippen molar-refractivity contribution in [3.05, 3.63) is 44.1 Å². The Balaban J connectivity index is 2.26. The summed E-state index contributed by atoms with van der Waals surface area (Å²) < 4.78 is 26.9. The van der Waals surface area contributed by atoms with Gasteiger partial charge in [-0.15, -0.1) is 11.3 Å². The Kier molecular flexibility index (Phi) is 3.86. The van der Waals surface area contributed by atoms with Crippen molar-refractivity contribution < 1.29 is 13.6 Å². The first kappa shape index (κ1) is 14.0. The van der Waals surface area contributed by atoms with E-state index in [1.807, 2.05) is 0 Å². The van der Waals surface area contributed by atoms with E-state index in [0.717, 1.165) is 17.0 Å². The number of carbonyl (C=O) groups excluding carboxylic acids is 1. The summed E-state index contributed by atoms with van der Waals surface area (Å²) in [4.78, 5) is 13.0. The van der Waals surface area contributed by atoms with Crippen LogP contribution in [-0.4, -0.2) is 5.91 Å². The first-order valence-electron chi connectivity index (χ1n) is 5.20. The predicted molar refractivity (Wildman–Crippen MR) is 75.5 cm³/mol. The van der Waals surface area contributed by atoms with E-state index >= 15 is 0 Å². The Morgan fingerprint density at radius 1 is 1.32 bits per heavy atom. The van der Waals surface area contributed by atoms with Gasteiger partial charge in [0.25, 0.3) is 5.91 Å². The molecule has 3 N–H and O–H groups in total. The fourth-order valence-electron chi connectivity index (χ4n) is 1.41. The monoisotopic (exact) mass is 346 g/mol. The number of nitrogens with two attached hydrogens (primary N) is 1. The number of nitrogen functional groups attached to an aromatic ring is 1. The molecule has 2 rings (SSSR count). The number of carbonyl (C=O) groups is 1. The van der Waals surface area contributed by atoms with Gasteiger partial charge in [0.05, 0.1) is 15.0 Å². The number of amides is 1. The van der Waals surface area contributed by atoms with Gasteiger partial charge in [-0.25, -0.2) is 8.78 Å². The molecule has 2 aromatic rings. The van der Waals surface area contributed by atoms with Crippen LogP contribution in [0.4, 0.5) is 20.2 Å². The van der Waals surface area contributed by atoms with Gasteiger partial charge in [-0.3, -0.25) is 4.79 Å². The molecular formula is C12H9BrF2N2OS. The first-order valence-corrected chi connectivity index (χ1v) is 6.81. The summed E-state index contributed by atoms with van der Waals surface area (Å²) in [6.07, 6.45) is 0. The molecule has 100 valence electrons. The fraction of sp³-hybridized carbons (Fsp3) is 0.0833. The van der Waals surface area contributed by atoms with Gasteiger partial charge in [-0.05, 0) is 35.0 Å². The van der Waals surface area contributed by atoms with E-state index in [-0.39, 0.29) is 10.2 Å². The molecule has 0 aliphatic rings. The SMILES string of the molecule is Cc1sc(C(=O)Nc2cc(F)c(Br)cc2F)cc1N. The number of thiophene rings is 1. The lowest BCUT2D eigenvalue weighted by molar-refractivity contribution is 0.103. The van der Waals surface area contributed by atoms with E-state index in [1.165, 1.54) is 17.4 Å². The van der Waals surface area contributed by atoms with Crippen molar-refractivity contribution in [1.82, 2.24) is 0 Å². The Labute approximate surface area is 120 Å². The second-order valence-electron chi connectivity index (χ2n) is 3.82. The third-order valence-corrected chi connectivity index (χ3v) is 4.11. The summed E-state index contributed by atoms with van der Waals surface area (Å²) in [7, 11) is 0. The second-order valence-corrected chi connectivity index (χ2v) is 5.93. The summed E-state index contributed by atoms with van der Waals surface area (Å²) in [6, 6.07) is 3.38. The van der Waals surface area contributed by atoms with Crippen molar-refractivity contribution in [3.8, 4) is 0 Å². The van der Waals surface area contributed by atoms with Gasteiger partial charge in [0.2, 0.25) is 0 Å². The Bertz CT molecular complexity index is 638. The van der Waals surface area contributed by atoms with E-state index in [4.69, 9.17) is 5.73 Å². The smallest absolute Gasteiger partial charge is 0.265 e. The van der Waals surface area contributed by atoms with Crippen molar-refractivity contribution in [3.63, 3.8) is 0 Å². The zero-order valence-electron chi connectivity index (χ0n) is 9.76. The van der Waals surface area contributed by atoms with E-state index in [0.29, 0.717) is 10.6 Å². The van der Waals surface area contributed by atoms with Crippen molar-refractivity contribution in [1.29, 1.82) is 0 Å². The maximum atomic E-state index is 13.6. The highest BCUT2D eigenvalue weighted by Crippen LogP contribution is 2.26. The summed E-state index contributed by atoms with van der Waals surface area (Å²) in [5.74, 6) is -1.90. The molecular weight excluding hydrogens is 338 g/mol. The van der Waals surface area contributed by atoms with Crippen LogP contribution in [0.15, 0.2) is 22.7 Å². The van der Waals surface area contributed by atoms with Gasteiger partial charge in [0.1, 0.15) is 11.6 Å². The minimum atomic E-state index is -0.720. The molecule has 0 aliphatic heterocycles. The number of anilines is 2. The van der Waals surface area contributed by atoms with Crippen molar-refractivity contribution in [2.75, 3.05) is 11.1 Å². The summed E-state index contributed by atoms with van der Waals surface area (Å²) in [6.45, 7) is 1.77. The van der Waals surface area contributed by atoms with Gasteiger partial charge in [-0.1, -0.05) is 0 Å². The zero-order chi connectivity index (χ0) is 14.2. The normalized spacial score (nSPS) is 10.5. The number of hydrogen-bond acceptors (Lipinski definition) is 3. The minimum Gasteiger partial charge on any atom is -0.398 e. The van der Waals surface area contributed by atoms with Crippen LogP contribution >= 0.6 is 27.3 Å². The number of halogens is 3. The lowest BCUT2D eigenvalue weighted by Gasteiger charge is -2.06. The van der Waals surface area contributed by atoms with Crippen LogP contribution in [0.1, 0.15) is 14.5 Å². The molecule has 0 fully saturated rings. The fourth-order valence-corrected chi connectivity index (χ4v) is 2.56. The number of rotatable bonds is 2. The van der Waals surface area contributed by atoms with Gasteiger partial charge in [0, 0.05) is 16.6 Å². The highest BCUT2D eigenvalue weighted by molar-refractivity contribution is 9.10. The molecule has 0 bridgehead atoms. The molecule has 1 aromatic carbocycles. The maximum absolute atomic E-state index is 13.6. The number of nitrogens with one attached hydrogen (secondary N) is 1. The molecule has 0 atom stereocenters. The van der Waals surface area contributed by atoms with Gasteiger partial charge in [-0.2, -0.15) is 0 Å². The average molecular weight is 347 g/mol. The van der Waals surface area contributed by atoms with E-state index in [1.54, 1.807) is 6.92 Å². The Hall–Kier alpha value is -1.47. The minimum absolute atomic E-state index is 0.000730. The first-order chi connectivity index (χ1) is 8.88. The predicted octanol–water partition coefficient (Wildman–Crippen LogP) is 3.93. The van der Waals surface area contributed by atoms with Crippen LogP contribution in [-0.2, 0) is 0 Å². The maximum Gasteiger partial charge on any atom is 0.265 e. The second kappa shape index (κ2) is 5.26. The largest absolute Gasteiger partial charge is 0.398 e. The lowest BCUT2D eigenvalue weighted by Crippen LogP contribution is -2.11. The third-order valence-electron chi connectivity index (χ3n) is 2.44. The summed E-state index contributed by atoms with van der Waals surface area (Å²) >= 11 is 4.05. The molecule has 1 amide bonds. The molecule has 0 radical (unpaired) electrons. The number of hydrogen-bond donors (Lipinski definition) is 2. The van der Waals surface area contributed by atoms with E-state index < -0.39 is 17.5 Å². The highest BCUT2D eigenvalue weighted by atomic mass is 79.9. The summed E-state index contributed by atoms with van der Waals surface area (Å²) in [5, 5.41) is 2.32. The standard InChI is InChI=1S/C12H9BrF2N2OS/c1-5-9(16)4-11(19-5)12(18)17-10-3-7(14)6(13)2-8(10)15/h2-4H,16H2,1H3,(H,17,18). The summed E-state index contributed by atoms with van der Waals surface area (Å²) in [5.41, 5.74) is 5.92. The van der Waals surface area contributed by atoms with Gasteiger partial charge < -0.3 is 11.1 Å². The molecule has 0 aliphatic carbocycles. The molecule has 0 saturated carbocycles. The lowest BCUT2D eigenvalue weighted by atomic mass is 10.3. The van der Waals surface area contributed by atoms with Crippen molar-refractivity contribution in [2.45, 2.75) is 6.92 Å². The zero-order valence-corrected chi connectivity index (χ0v) is 12.2. The average Bonchev–Trinajstić information content (AvgIpc) is 2.67. The molecule has 0 unspecified atom stereocenters. The van der Waals surface area contributed by atoms with Gasteiger partial charge in [0.15, 0.2) is 0 Å². The number of benzene rings is 1. The van der Waals surface area contributed by atoms with Crippen LogP contribution in [0, 0.1) is 18.6 Å². The highest BCUT2D eigenvalue weighted by Gasteiger charge is 2.15. The molecule has 19 heavy (non-hydrogen) atoms. The van der Waals surface area contributed by atoms with Gasteiger partial charge >= 0.3 is 0 Å². The molecule has 0 saturated heterocycles. The van der Waals surface area contributed by atoms with E-state index in [9.17, 15) is 13.6 Å². The van der Waals surface area contributed by atoms with Crippen LogP contribution in [0.5, 0.6) is 0 Å². The van der Waals surface area contributed by atoms with Crippen molar-refractivity contribution >= 4 is 44.5 Å². The van der Waals surface area contributed by atoms with Crippen LogP contribution in [0.3, 0.4) is 0 Å². The molecule has 3 nitrogen and oxygen atoms in total.